The van der Waals surface area contributed by atoms with Gasteiger partial charge in [0.2, 0.25) is 0 Å². The predicted octanol–water partition coefficient (Wildman–Crippen LogP) is 3.00. The third-order valence-electron chi connectivity index (χ3n) is 3.80. The summed E-state index contributed by atoms with van der Waals surface area (Å²) in [6, 6.07) is 12.4. The Morgan fingerprint density at radius 2 is 1.91 bits per heavy atom. The number of H-pyrrole nitrogens is 1. The predicted molar refractivity (Wildman–Crippen MR) is 88.7 cm³/mol. The minimum Gasteiger partial charge on any atom is -0.387 e. The van der Waals surface area contributed by atoms with E-state index >= 15 is 0 Å². The summed E-state index contributed by atoms with van der Waals surface area (Å²) in [5.74, 6) is 0. The molecule has 0 aliphatic heterocycles. The molecule has 0 unspecified atom stereocenters. The highest BCUT2D eigenvalue weighted by Crippen LogP contribution is 2.17. The molecule has 1 atom stereocenters. The second-order valence-electron chi connectivity index (χ2n) is 5.86. The first-order valence-electron chi connectivity index (χ1n) is 7.51. The van der Waals surface area contributed by atoms with Crippen LogP contribution in [0.15, 0.2) is 42.6 Å². The van der Waals surface area contributed by atoms with Crippen LogP contribution in [-0.2, 0) is 6.54 Å². The van der Waals surface area contributed by atoms with Crippen molar-refractivity contribution in [3.63, 3.8) is 0 Å². The molecule has 0 fully saturated rings. The largest absolute Gasteiger partial charge is 0.387 e. The summed E-state index contributed by atoms with van der Waals surface area (Å²) in [7, 11) is 0. The van der Waals surface area contributed by atoms with Crippen molar-refractivity contribution in [3.8, 4) is 0 Å². The average molecular weight is 295 g/mol. The molecule has 0 amide bonds. The molecule has 3 N–H and O–H groups in total. The van der Waals surface area contributed by atoms with E-state index in [4.69, 9.17) is 0 Å². The number of aliphatic hydroxyl groups excluding tert-OH is 1. The summed E-state index contributed by atoms with van der Waals surface area (Å²) >= 11 is 0. The Morgan fingerprint density at radius 1 is 1.14 bits per heavy atom. The lowest BCUT2D eigenvalue weighted by Gasteiger charge is -2.14. The molecule has 0 aliphatic rings. The molecule has 0 bridgehead atoms. The zero-order valence-electron chi connectivity index (χ0n) is 12.9. The number of aliphatic hydroxyl groups is 1. The van der Waals surface area contributed by atoms with Gasteiger partial charge in [0.15, 0.2) is 0 Å². The Morgan fingerprint density at radius 3 is 2.68 bits per heavy atom. The van der Waals surface area contributed by atoms with Gasteiger partial charge in [-0.2, -0.15) is 5.10 Å². The van der Waals surface area contributed by atoms with Gasteiger partial charge in [-0.15, -0.1) is 0 Å². The van der Waals surface area contributed by atoms with Crippen LogP contribution in [0.5, 0.6) is 0 Å². The van der Waals surface area contributed by atoms with Gasteiger partial charge in [-0.3, -0.25) is 5.10 Å². The lowest BCUT2D eigenvalue weighted by Crippen LogP contribution is -2.21. The fraction of sp³-hybridized carbons (Fsp3) is 0.278. The minimum absolute atomic E-state index is 0.491. The number of nitrogens with zero attached hydrogens (tertiary/aromatic N) is 1. The van der Waals surface area contributed by atoms with Crippen LogP contribution in [0.4, 0.5) is 0 Å². The van der Waals surface area contributed by atoms with Crippen LogP contribution in [-0.4, -0.2) is 21.8 Å². The lowest BCUT2D eigenvalue weighted by atomic mass is 10.0. The molecule has 4 heteroatoms. The van der Waals surface area contributed by atoms with Gasteiger partial charge in [0.25, 0.3) is 0 Å². The SMILES string of the molecule is Cc1cc(C)cc([C@@H](O)CNCc2ccc3cn[nH]c3c2)c1. The van der Waals surface area contributed by atoms with E-state index in [0.717, 1.165) is 23.0 Å². The minimum atomic E-state index is -0.491. The third kappa shape index (κ3) is 3.35. The fourth-order valence-corrected chi connectivity index (χ4v) is 2.77. The van der Waals surface area contributed by atoms with Crippen LogP contribution in [0.2, 0.25) is 0 Å². The Labute approximate surface area is 130 Å². The van der Waals surface area contributed by atoms with Crippen LogP contribution in [0.3, 0.4) is 0 Å². The number of hydrogen-bond donors (Lipinski definition) is 3. The Balaban J connectivity index is 1.59. The van der Waals surface area contributed by atoms with Crippen LogP contribution >= 0.6 is 0 Å². The number of aromatic amines is 1. The monoisotopic (exact) mass is 295 g/mol. The van der Waals surface area contributed by atoms with E-state index in [-0.39, 0.29) is 0 Å². The molecule has 1 aromatic heterocycles. The van der Waals surface area contributed by atoms with E-state index in [2.05, 4.69) is 53.6 Å². The molecular formula is C18H21N3O. The molecule has 1 heterocycles. The normalized spacial score (nSPS) is 12.7. The molecular weight excluding hydrogens is 274 g/mol. The quantitative estimate of drug-likeness (QED) is 0.678. The molecule has 114 valence electrons. The summed E-state index contributed by atoms with van der Waals surface area (Å²) in [4.78, 5) is 0. The number of aromatic nitrogens is 2. The van der Waals surface area contributed by atoms with Crippen molar-refractivity contribution >= 4 is 10.9 Å². The lowest BCUT2D eigenvalue weighted by molar-refractivity contribution is 0.174. The zero-order chi connectivity index (χ0) is 15.5. The molecule has 0 saturated heterocycles. The van der Waals surface area contributed by atoms with Crippen molar-refractivity contribution in [3.05, 3.63) is 64.8 Å². The van der Waals surface area contributed by atoms with Crippen molar-refractivity contribution in [1.29, 1.82) is 0 Å². The first-order valence-corrected chi connectivity index (χ1v) is 7.51. The van der Waals surface area contributed by atoms with Gasteiger partial charge in [-0.05, 0) is 31.0 Å². The van der Waals surface area contributed by atoms with Gasteiger partial charge in [0.1, 0.15) is 0 Å². The van der Waals surface area contributed by atoms with Crippen molar-refractivity contribution < 1.29 is 5.11 Å². The van der Waals surface area contributed by atoms with Gasteiger partial charge < -0.3 is 10.4 Å². The van der Waals surface area contributed by atoms with E-state index in [0.29, 0.717) is 6.54 Å². The van der Waals surface area contributed by atoms with E-state index in [1.807, 2.05) is 18.3 Å². The van der Waals surface area contributed by atoms with Gasteiger partial charge in [0, 0.05) is 18.5 Å². The van der Waals surface area contributed by atoms with Crippen LogP contribution in [0.1, 0.15) is 28.4 Å². The molecule has 0 radical (unpaired) electrons. The Bertz CT molecular complexity index is 759. The molecule has 0 saturated carbocycles. The highest BCUT2D eigenvalue weighted by Gasteiger charge is 2.08. The van der Waals surface area contributed by atoms with Gasteiger partial charge in [-0.25, -0.2) is 0 Å². The summed E-state index contributed by atoms with van der Waals surface area (Å²) in [6.45, 7) is 5.35. The maximum absolute atomic E-state index is 10.3. The van der Waals surface area contributed by atoms with Crippen LogP contribution < -0.4 is 5.32 Å². The molecule has 3 aromatic rings. The number of benzene rings is 2. The summed E-state index contributed by atoms with van der Waals surface area (Å²) in [6.07, 6.45) is 1.32. The van der Waals surface area contributed by atoms with Crippen molar-refractivity contribution in [2.75, 3.05) is 6.54 Å². The molecule has 2 aromatic carbocycles. The smallest absolute Gasteiger partial charge is 0.0914 e. The maximum Gasteiger partial charge on any atom is 0.0914 e. The Kier molecular flexibility index (Phi) is 4.22. The summed E-state index contributed by atoms with van der Waals surface area (Å²) in [5, 5.41) is 21.7. The maximum atomic E-state index is 10.3. The zero-order valence-corrected chi connectivity index (χ0v) is 12.9. The second-order valence-corrected chi connectivity index (χ2v) is 5.86. The Hall–Kier alpha value is -2.17. The number of rotatable bonds is 5. The van der Waals surface area contributed by atoms with Gasteiger partial charge >= 0.3 is 0 Å². The second kappa shape index (κ2) is 6.30. The number of fused-ring (bicyclic) bond motifs is 1. The first-order chi connectivity index (χ1) is 10.6. The van der Waals surface area contributed by atoms with Crippen LogP contribution in [0, 0.1) is 13.8 Å². The van der Waals surface area contributed by atoms with E-state index in [1.165, 1.54) is 16.7 Å². The first kappa shape index (κ1) is 14.8. The van der Waals surface area contributed by atoms with Crippen molar-refractivity contribution in [2.24, 2.45) is 0 Å². The van der Waals surface area contributed by atoms with Crippen molar-refractivity contribution in [1.82, 2.24) is 15.5 Å². The van der Waals surface area contributed by atoms with Gasteiger partial charge in [-0.1, -0.05) is 41.5 Å². The molecule has 3 rings (SSSR count). The van der Waals surface area contributed by atoms with E-state index in [9.17, 15) is 5.11 Å². The molecule has 0 spiro atoms. The summed E-state index contributed by atoms with van der Waals surface area (Å²) in [5.41, 5.74) is 5.53. The summed E-state index contributed by atoms with van der Waals surface area (Å²) < 4.78 is 0. The topological polar surface area (TPSA) is 60.9 Å². The van der Waals surface area contributed by atoms with E-state index < -0.39 is 6.10 Å². The molecule has 4 nitrogen and oxygen atoms in total. The highest BCUT2D eigenvalue weighted by molar-refractivity contribution is 5.78. The fourth-order valence-electron chi connectivity index (χ4n) is 2.77. The molecule has 22 heavy (non-hydrogen) atoms. The number of hydrogen-bond acceptors (Lipinski definition) is 3. The number of nitrogens with one attached hydrogen (secondary N) is 2. The van der Waals surface area contributed by atoms with Gasteiger partial charge in [0.05, 0.1) is 17.8 Å². The molecule has 0 aliphatic carbocycles. The van der Waals surface area contributed by atoms with E-state index in [1.54, 1.807) is 0 Å². The number of aryl methyl sites for hydroxylation is 2. The standard InChI is InChI=1S/C18H21N3O/c1-12-5-13(2)7-16(6-12)18(22)11-19-9-14-3-4-15-10-20-21-17(15)8-14/h3-8,10,18-19,22H,9,11H2,1-2H3,(H,20,21)/t18-/m0/s1. The highest BCUT2D eigenvalue weighted by atomic mass is 16.3. The van der Waals surface area contributed by atoms with Crippen molar-refractivity contribution in [2.45, 2.75) is 26.5 Å². The third-order valence-corrected chi connectivity index (χ3v) is 3.80. The van der Waals surface area contributed by atoms with Crippen LogP contribution in [0.25, 0.3) is 10.9 Å². The average Bonchev–Trinajstić information content (AvgIpc) is 2.93.